The van der Waals surface area contributed by atoms with Crippen LogP contribution in [0, 0.1) is 6.92 Å². The molecule has 1 aromatic rings. The van der Waals surface area contributed by atoms with Crippen LogP contribution in [-0.4, -0.2) is 28.6 Å². The van der Waals surface area contributed by atoms with E-state index in [1.807, 2.05) is 6.92 Å². The van der Waals surface area contributed by atoms with Gasteiger partial charge in [0.05, 0.1) is 23.9 Å². The lowest BCUT2D eigenvalue weighted by Gasteiger charge is -2.08. The molecule has 0 saturated carbocycles. The van der Waals surface area contributed by atoms with Crippen LogP contribution in [0.4, 0.5) is 0 Å². The third-order valence-electron chi connectivity index (χ3n) is 2.36. The van der Waals surface area contributed by atoms with Gasteiger partial charge in [-0.3, -0.25) is 4.79 Å². The molecular weight excluding hydrogens is 238 g/mol. The number of aliphatic hydroxyl groups excluding tert-OH is 1. The lowest BCUT2D eigenvalue weighted by molar-refractivity contribution is -0.123. The summed E-state index contributed by atoms with van der Waals surface area (Å²) < 4.78 is 0. The predicted octanol–water partition coefficient (Wildman–Crippen LogP) is 0.340. The molecule has 6 heteroatoms. The standard InChI is InChI=1S/C11H19N3O2S/c1-3-4-10-14-7(2)9(17-10)5-13-11(16)8(12)6-15/h8,15H,3-6,12H2,1-2H3,(H,13,16)/t8-/m0/s1. The van der Waals surface area contributed by atoms with Gasteiger partial charge in [-0.05, 0) is 19.8 Å². The molecule has 0 aliphatic rings. The van der Waals surface area contributed by atoms with Gasteiger partial charge in [0.15, 0.2) is 0 Å². The smallest absolute Gasteiger partial charge is 0.239 e. The molecule has 96 valence electrons. The molecule has 0 fully saturated rings. The number of hydrogen-bond donors (Lipinski definition) is 3. The van der Waals surface area contributed by atoms with Gasteiger partial charge in [-0.15, -0.1) is 11.3 Å². The number of carbonyl (C=O) groups excluding carboxylic acids is 1. The fourth-order valence-corrected chi connectivity index (χ4v) is 2.47. The third kappa shape index (κ3) is 4.07. The van der Waals surface area contributed by atoms with Crippen molar-refractivity contribution in [3.8, 4) is 0 Å². The minimum absolute atomic E-state index is 0.336. The monoisotopic (exact) mass is 257 g/mol. The molecular formula is C11H19N3O2S. The van der Waals surface area contributed by atoms with Gasteiger partial charge in [-0.1, -0.05) is 6.92 Å². The van der Waals surface area contributed by atoms with Gasteiger partial charge >= 0.3 is 0 Å². The first-order chi connectivity index (χ1) is 8.08. The van der Waals surface area contributed by atoms with Gasteiger partial charge in [-0.2, -0.15) is 0 Å². The largest absolute Gasteiger partial charge is 0.394 e. The number of aromatic nitrogens is 1. The van der Waals surface area contributed by atoms with Gasteiger partial charge in [0.1, 0.15) is 6.04 Å². The molecule has 5 nitrogen and oxygen atoms in total. The summed E-state index contributed by atoms with van der Waals surface area (Å²) in [4.78, 5) is 16.9. The highest BCUT2D eigenvalue weighted by Crippen LogP contribution is 2.18. The van der Waals surface area contributed by atoms with Crippen LogP contribution >= 0.6 is 11.3 Å². The molecule has 1 amide bonds. The van der Waals surface area contributed by atoms with Crippen molar-refractivity contribution in [1.29, 1.82) is 0 Å². The van der Waals surface area contributed by atoms with E-state index in [0.717, 1.165) is 28.4 Å². The van der Waals surface area contributed by atoms with E-state index in [1.165, 1.54) is 0 Å². The van der Waals surface area contributed by atoms with E-state index in [-0.39, 0.29) is 12.5 Å². The van der Waals surface area contributed by atoms with Crippen LogP contribution in [0.5, 0.6) is 0 Å². The van der Waals surface area contributed by atoms with Gasteiger partial charge in [0.2, 0.25) is 5.91 Å². The highest BCUT2D eigenvalue weighted by molar-refractivity contribution is 7.11. The average Bonchev–Trinajstić information content (AvgIpc) is 2.66. The molecule has 1 rings (SSSR count). The Morgan fingerprint density at radius 3 is 2.94 bits per heavy atom. The highest BCUT2D eigenvalue weighted by atomic mass is 32.1. The van der Waals surface area contributed by atoms with Crippen molar-refractivity contribution in [3.63, 3.8) is 0 Å². The summed E-state index contributed by atoms with van der Waals surface area (Å²) in [5.74, 6) is -0.336. The Balaban J connectivity index is 2.54. The summed E-state index contributed by atoms with van der Waals surface area (Å²) in [6.07, 6.45) is 2.03. The van der Waals surface area contributed by atoms with Crippen LogP contribution < -0.4 is 11.1 Å². The molecule has 1 heterocycles. The van der Waals surface area contributed by atoms with Crippen LogP contribution in [0.2, 0.25) is 0 Å². The van der Waals surface area contributed by atoms with Crippen molar-refractivity contribution >= 4 is 17.2 Å². The Kier molecular flexibility index (Phi) is 5.54. The molecule has 0 unspecified atom stereocenters. The van der Waals surface area contributed by atoms with E-state index < -0.39 is 6.04 Å². The molecule has 0 spiro atoms. The molecule has 0 aliphatic heterocycles. The maximum atomic E-state index is 11.4. The molecule has 1 aromatic heterocycles. The third-order valence-corrected chi connectivity index (χ3v) is 3.57. The van der Waals surface area contributed by atoms with Crippen molar-refractivity contribution in [2.24, 2.45) is 5.73 Å². The van der Waals surface area contributed by atoms with Crippen LogP contribution in [-0.2, 0) is 17.8 Å². The van der Waals surface area contributed by atoms with Crippen LogP contribution in [0.25, 0.3) is 0 Å². The lowest BCUT2D eigenvalue weighted by Crippen LogP contribution is -2.42. The number of aryl methyl sites for hydroxylation is 2. The zero-order chi connectivity index (χ0) is 12.8. The number of nitrogens with one attached hydrogen (secondary N) is 1. The molecule has 17 heavy (non-hydrogen) atoms. The average molecular weight is 257 g/mol. The second-order valence-corrected chi connectivity index (χ2v) is 5.04. The van der Waals surface area contributed by atoms with Crippen molar-refractivity contribution < 1.29 is 9.90 Å². The number of aliphatic hydroxyl groups is 1. The number of carbonyl (C=O) groups is 1. The fraction of sp³-hybridized carbons (Fsp3) is 0.636. The topological polar surface area (TPSA) is 88.2 Å². The van der Waals surface area contributed by atoms with Crippen molar-refractivity contribution in [2.75, 3.05) is 6.61 Å². The Morgan fingerprint density at radius 1 is 1.65 bits per heavy atom. The summed E-state index contributed by atoms with van der Waals surface area (Å²) in [6, 6.07) is -0.849. The Hall–Kier alpha value is -0.980. The van der Waals surface area contributed by atoms with Gasteiger partial charge < -0.3 is 16.2 Å². The van der Waals surface area contributed by atoms with E-state index in [9.17, 15) is 4.79 Å². The first-order valence-electron chi connectivity index (χ1n) is 5.67. The molecule has 0 saturated heterocycles. The summed E-state index contributed by atoms with van der Waals surface area (Å²) in [6.45, 7) is 4.13. The van der Waals surface area contributed by atoms with Crippen molar-refractivity contribution in [1.82, 2.24) is 10.3 Å². The SMILES string of the molecule is CCCc1nc(C)c(CNC(=O)[C@@H](N)CO)s1. The highest BCUT2D eigenvalue weighted by Gasteiger charge is 2.13. The van der Waals surface area contributed by atoms with Crippen LogP contribution in [0.3, 0.4) is 0 Å². The summed E-state index contributed by atoms with van der Waals surface area (Å²) in [7, 11) is 0. The summed E-state index contributed by atoms with van der Waals surface area (Å²) >= 11 is 1.62. The number of hydrogen-bond acceptors (Lipinski definition) is 5. The normalized spacial score (nSPS) is 12.5. The van der Waals surface area contributed by atoms with E-state index in [0.29, 0.717) is 6.54 Å². The Bertz CT molecular complexity index is 379. The number of nitrogens with zero attached hydrogens (tertiary/aromatic N) is 1. The van der Waals surface area contributed by atoms with Gasteiger partial charge in [0.25, 0.3) is 0 Å². The molecule has 4 N–H and O–H groups in total. The van der Waals surface area contributed by atoms with E-state index >= 15 is 0 Å². The molecule has 0 aromatic carbocycles. The van der Waals surface area contributed by atoms with Crippen LogP contribution in [0.15, 0.2) is 0 Å². The molecule has 0 bridgehead atoms. The van der Waals surface area contributed by atoms with E-state index in [1.54, 1.807) is 11.3 Å². The summed E-state index contributed by atoms with van der Waals surface area (Å²) in [5, 5.41) is 12.5. The molecule has 1 atom stereocenters. The molecule has 0 radical (unpaired) electrons. The number of nitrogens with two attached hydrogens (primary N) is 1. The number of rotatable bonds is 6. The number of thiazole rings is 1. The maximum absolute atomic E-state index is 11.4. The van der Waals surface area contributed by atoms with Crippen LogP contribution in [0.1, 0.15) is 28.9 Å². The number of amides is 1. The fourth-order valence-electron chi connectivity index (χ4n) is 1.35. The second-order valence-electron chi connectivity index (χ2n) is 3.87. The van der Waals surface area contributed by atoms with E-state index in [2.05, 4.69) is 17.2 Å². The minimum Gasteiger partial charge on any atom is -0.394 e. The van der Waals surface area contributed by atoms with E-state index in [4.69, 9.17) is 10.8 Å². The van der Waals surface area contributed by atoms with Crippen molar-refractivity contribution in [2.45, 2.75) is 39.3 Å². The predicted molar refractivity (Wildman–Crippen MR) is 67.8 cm³/mol. The van der Waals surface area contributed by atoms with Gasteiger partial charge in [0, 0.05) is 4.88 Å². The summed E-state index contributed by atoms with van der Waals surface area (Å²) in [5.41, 5.74) is 6.35. The lowest BCUT2D eigenvalue weighted by atomic mass is 10.3. The zero-order valence-electron chi connectivity index (χ0n) is 10.2. The minimum atomic E-state index is -0.849. The first-order valence-corrected chi connectivity index (χ1v) is 6.49. The maximum Gasteiger partial charge on any atom is 0.239 e. The molecule has 0 aliphatic carbocycles. The zero-order valence-corrected chi connectivity index (χ0v) is 11.0. The quantitative estimate of drug-likeness (QED) is 0.685. The second kappa shape index (κ2) is 6.68. The first kappa shape index (κ1) is 14.1. The van der Waals surface area contributed by atoms with Crippen molar-refractivity contribution in [3.05, 3.63) is 15.6 Å². The Morgan fingerprint density at radius 2 is 2.35 bits per heavy atom. The Labute approximate surface area is 105 Å². The van der Waals surface area contributed by atoms with Gasteiger partial charge in [-0.25, -0.2) is 4.98 Å².